The van der Waals surface area contributed by atoms with Gasteiger partial charge in [0, 0.05) is 25.6 Å². The third kappa shape index (κ3) is 4.01. The molecule has 0 bridgehead atoms. The summed E-state index contributed by atoms with van der Waals surface area (Å²) in [6.45, 7) is 4.41. The minimum atomic E-state index is -3.81. The smallest absolute Gasteiger partial charge is 0.344 e. The van der Waals surface area contributed by atoms with Crippen LogP contribution in [0.15, 0.2) is 22.6 Å². The van der Waals surface area contributed by atoms with Crippen LogP contribution in [0.25, 0.3) is 0 Å². The molecule has 0 aromatic heterocycles. The molecule has 26 heavy (non-hydrogen) atoms. The first-order chi connectivity index (χ1) is 12.4. The number of rotatable bonds is 5. The number of nitrogens with zero attached hydrogens (tertiary/aromatic N) is 2. The van der Waals surface area contributed by atoms with E-state index < -0.39 is 10.2 Å². The summed E-state index contributed by atoms with van der Waals surface area (Å²) in [5.74, 6) is 0.582. The van der Waals surface area contributed by atoms with Gasteiger partial charge in [0.2, 0.25) is 0 Å². The van der Waals surface area contributed by atoms with Gasteiger partial charge in [-0.1, -0.05) is 13.0 Å². The second kappa shape index (κ2) is 7.40. The molecule has 1 saturated heterocycles. The molecule has 0 aliphatic carbocycles. The number of carbonyl (C=O) groups excluding carboxylic acids is 1. The number of hydrogen-bond donors (Lipinski definition) is 3. The second-order valence-electron chi connectivity index (χ2n) is 6.38. The zero-order valence-electron chi connectivity index (χ0n) is 14.6. The Bertz CT molecular complexity index is 824. The standard InChI is InChI=1S/C16H23N5O4S/c1-2-7-18-16(22)21-8-6-11(9-21)10-25-13-5-3-4-12-14(13)15(17)20-26(23,24)19-12/h3-5,11,19H,2,6-10H2,1H3,(H2,17,20)(H,18,22)/t11-/m1/s1. The zero-order valence-corrected chi connectivity index (χ0v) is 15.4. The van der Waals surface area contributed by atoms with Crippen molar-refractivity contribution in [3.05, 3.63) is 23.8 Å². The van der Waals surface area contributed by atoms with Crippen molar-refractivity contribution in [2.24, 2.45) is 16.0 Å². The molecule has 1 fully saturated rings. The highest BCUT2D eigenvalue weighted by molar-refractivity contribution is 7.91. The lowest BCUT2D eigenvalue weighted by Crippen LogP contribution is -2.39. The average Bonchev–Trinajstić information content (AvgIpc) is 3.05. The van der Waals surface area contributed by atoms with E-state index in [0.29, 0.717) is 43.2 Å². The van der Waals surface area contributed by atoms with E-state index in [1.54, 1.807) is 23.1 Å². The van der Waals surface area contributed by atoms with Crippen molar-refractivity contribution in [3.63, 3.8) is 0 Å². The number of nitrogens with two attached hydrogens (primary N) is 1. The highest BCUT2D eigenvalue weighted by Crippen LogP contribution is 2.31. The number of hydrogen-bond acceptors (Lipinski definition) is 5. The first-order valence-corrected chi connectivity index (χ1v) is 10.0. The Hall–Kier alpha value is -2.49. The van der Waals surface area contributed by atoms with Crippen molar-refractivity contribution in [1.82, 2.24) is 10.2 Å². The van der Waals surface area contributed by atoms with Crippen LogP contribution in [-0.2, 0) is 10.2 Å². The summed E-state index contributed by atoms with van der Waals surface area (Å²) in [6, 6.07) is 4.98. The number of amides is 2. The summed E-state index contributed by atoms with van der Waals surface area (Å²) in [5, 5.41) is 2.87. The minimum Gasteiger partial charge on any atom is -0.492 e. The van der Waals surface area contributed by atoms with Gasteiger partial charge in [-0.15, -0.1) is 4.40 Å². The molecule has 10 heteroatoms. The number of anilines is 1. The molecule has 9 nitrogen and oxygen atoms in total. The minimum absolute atomic E-state index is 0.0442. The zero-order chi connectivity index (χ0) is 18.7. The van der Waals surface area contributed by atoms with Crippen LogP contribution in [0.4, 0.5) is 10.5 Å². The number of urea groups is 1. The van der Waals surface area contributed by atoms with E-state index in [4.69, 9.17) is 10.5 Å². The quantitative estimate of drug-likeness (QED) is 0.698. The van der Waals surface area contributed by atoms with Crippen molar-refractivity contribution >= 4 is 27.8 Å². The van der Waals surface area contributed by atoms with Gasteiger partial charge in [-0.05, 0) is 25.0 Å². The summed E-state index contributed by atoms with van der Waals surface area (Å²) in [6.07, 6.45) is 1.75. The molecule has 0 radical (unpaired) electrons. The number of ether oxygens (including phenoxy) is 1. The largest absolute Gasteiger partial charge is 0.492 e. The fourth-order valence-electron chi connectivity index (χ4n) is 3.04. The van der Waals surface area contributed by atoms with E-state index in [1.165, 1.54) is 0 Å². The normalized spacial score (nSPS) is 20.7. The van der Waals surface area contributed by atoms with Gasteiger partial charge in [-0.3, -0.25) is 4.72 Å². The Morgan fingerprint density at radius 2 is 2.31 bits per heavy atom. The summed E-state index contributed by atoms with van der Waals surface area (Å²) < 4.78 is 34.9. The van der Waals surface area contributed by atoms with Crippen LogP contribution in [0.3, 0.4) is 0 Å². The van der Waals surface area contributed by atoms with Crippen LogP contribution in [0, 0.1) is 5.92 Å². The van der Waals surface area contributed by atoms with E-state index in [2.05, 4.69) is 14.4 Å². The molecule has 4 N–H and O–H groups in total. The molecule has 1 aromatic rings. The van der Waals surface area contributed by atoms with Crippen molar-refractivity contribution < 1.29 is 17.9 Å². The summed E-state index contributed by atoms with van der Waals surface area (Å²) in [7, 11) is -3.81. The number of nitrogens with one attached hydrogen (secondary N) is 2. The van der Waals surface area contributed by atoms with Gasteiger partial charge < -0.3 is 20.7 Å². The molecule has 2 aliphatic heterocycles. The van der Waals surface area contributed by atoms with Gasteiger partial charge >= 0.3 is 16.2 Å². The monoisotopic (exact) mass is 381 g/mol. The van der Waals surface area contributed by atoms with Crippen LogP contribution >= 0.6 is 0 Å². The molecule has 0 saturated carbocycles. The van der Waals surface area contributed by atoms with Gasteiger partial charge in [0.25, 0.3) is 0 Å². The molecular weight excluding hydrogens is 358 g/mol. The molecule has 1 atom stereocenters. The summed E-state index contributed by atoms with van der Waals surface area (Å²) in [4.78, 5) is 13.8. The predicted octanol–water partition coefficient (Wildman–Crippen LogP) is 0.883. The van der Waals surface area contributed by atoms with E-state index in [-0.39, 0.29) is 17.8 Å². The predicted molar refractivity (Wildman–Crippen MR) is 98.6 cm³/mol. The molecule has 2 amide bonds. The number of likely N-dealkylation sites (tertiary alicyclic amines) is 1. The van der Waals surface area contributed by atoms with Gasteiger partial charge in [0.1, 0.15) is 5.75 Å². The molecule has 3 rings (SSSR count). The number of amidine groups is 1. The lowest BCUT2D eigenvalue weighted by molar-refractivity contribution is 0.202. The summed E-state index contributed by atoms with van der Waals surface area (Å²) in [5.41, 5.74) is 6.60. The third-order valence-electron chi connectivity index (χ3n) is 4.31. The van der Waals surface area contributed by atoms with E-state index in [0.717, 1.165) is 12.8 Å². The first-order valence-electron chi connectivity index (χ1n) is 8.56. The third-order valence-corrected chi connectivity index (χ3v) is 5.23. The lowest BCUT2D eigenvalue weighted by atomic mass is 10.1. The fourth-order valence-corrected chi connectivity index (χ4v) is 3.89. The van der Waals surface area contributed by atoms with Crippen molar-refractivity contribution in [2.45, 2.75) is 19.8 Å². The number of fused-ring (bicyclic) bond motifs is 1. The lowest BCUT2D eigenvalue weighted by Gasteiger charge is -2.20. The molecule has 1 aromatic carbocycles. The number of benzene rings is 1. The topological polar surface area (TPSA) is 126 Å². The molecular formula is C16H23N5O4S. The Kier molecular flexibility index (Phi) is 5.21. The van der Waals surface area contributed by atoms with Gasteiger partial charge in [0.05, 0.1) is 17.9 Å². The van der Waals surface area contributed by atoms with Gasteiger partial charge in [-0.25, -0.2) is 4.79 Å². The highest BCUT2D eigenvalue weighted by Gasteiger charge is 2.28. The van der Waals surface area contributed by atoms with Gasteiger partial charge in [0.15, 0.2) is 5.84 Å². The fraction of sp³-hybridized carbons (Fsp3) is 0.500. The Labute approximate surface area is 152 Å². The van der Waals surface area contributed by atoms with Crippen molar-refractivity contribution in [3.8, 4) is 5.75 Å². The van der Waals surface area contributed by atoms with E-state index in [9.17, 15) is 13.2 Å². The Morgan fingerprint density at radius 1 is 1.50 bits per heavy atom. The maximum absolute atomic E-state index is 12.0. The molecule has 0 unspecified atom stereocenters. The molecule has 2 heterocycles. The average molecular weight is 381 g/mol. The van der Waals surface area contributed by atoms with Crippen molar-refractivity contribution in [1.29, 1.82) is 0 Å². The molecule has 2 aliphatic rings. The van der Waals surface area contributed by atoms with Crippen LogP contribution in [0.2, 0.25) is 0 Å². The van der Waals surface area contributed by atoms with Crippen LogP contribution in [0.5, 0.6) is 5.75 Å². The first kappa shape index (κ1) is 18.3. The highest BCUT2D eigenvalue weighted by atomic mass is 32.2. The summed E-state index contributed by atoms with van der Waals surface area (Å²) >= 11 is 0. The number of carbonyl (C=O) groups is 1. The SMILES string of the molecule is CCCNC(=O)N1CC[C@@H](COc2cccc3c2C(N)=NS(=O)(=O)N3)C1. The van der Waals surface area contributed by atoms with E-state index in [1.807, 2.05) is 6.92 Å². The van der Waals surface area contributed by atoms with E-state index >= 15 is 0 Å². The van der Waals surface area contributed by atoms with Crippen LogP contribution in [0.1, 0.15) is 25.3 Å². The van der Waals surface area contributed by atoms with Crippen LogP contribution < -0.4 is 20.5 Å². The molecule has 142 valence electrons. The van der Waals surface area contributed by atoms with Crippen LogP contribution in [-0.4, -0.2) is 51.4 Å². The second-order valence-corrected chi connectivity index (χ2v) is 7.71. The Morgan fingerprint density at radius 3 is 3.08 bits per heavy atom. The van der Waals surface area contributed by atoms with Gasteiger partial charge in [-0.2, -0.15) is 8.42 Å². The molecule has 0 spiro atoms. The maximum atomic E-state index is 12.0. The van der Waals surface area contributed by atoms with Crippen molar-refractivity contribution in [2.75, 3.05) is 31.0 Å². The maximum Gasteiger partial charge on any atom is 0.344 e. The Balaban J connectivity index is 1.63.